The average Bonchev–Trinajstić information content (AvgIpc) is 2.90. The van der Waals surface area contributed by atoms with Gasteiger partial charge in [-0.25, -0.2) is 19.7 Å². The van der Waals surface area contributed by atoms with E-state index in [1.165, 1.54) is 0 Å². The zero-order chi connectivity index (χ0) is 17.3. The number of nitrogen functional groups attached to an aromatic ring is 1. The molecule has 0 bridgehead atoms. The molecule has 2 aromatic heterocycles. The Labute approximate surface area is 139 Å². The van der Waals surface area contributed by atoms with Crippen LogP contribution in [0.3, 0.4) is 0 Å². The lowest BCUT2D eigenvalue weighted by Gasteiger charge is -2.38. The first-order valence-corrected chi connectivity index (χ1v) is 7.93. The van der Waals surface area contributed by atoms with Crippen molar-refractivity contribution in [1.82, 2.24) is 25.4 Å². The SMILES string of the molecule is CC(C)(C)OC(=O)NN[C@@H]1CC[C@H]1Nc1cc(N)c2nccn2n1. The minimum absolute atomic E-state index is 0.0963. The Morgan fingerprint density at radius 3 is 2.79 bits per heavy atom. The number of amides is 1. The van der Waals surface area contributed by atoms with Crippen LogP contribution in [0.25, 0.3) is 5.65 Å². The molecule has 9 nitrogen and oxygen atoms in total. The first kappa shape index (κ1) is 16.3. The maximum absolute atomic E-state index is 11.7. The van der Waals surface area contributed by atoms with Crippen molar-refractivity contribution in [1.29, 1.82) is 0 Å². The number of nitrogens with one attached hydrogen (secondary N) is 3. The van der Waals surface area contributed by atoms with Crippen LogP contribution in [-0.2, 0) is 4.74 Å². The van der Waals surface area contributed by atoms with Gasteiger partial charge in [0, 0.05) is 30.5 Å². The number of carbonyl (C=O) groups excluding carboxylic acids is 1. The second kappa shape index (κ2) is 6.16. The van der Waals surface area contributed by atoms with E-state index in [-0.39, 0.29) is 12.1 Å². The number of rotatable bonds is 4. The van der Waals surface area contributed by atoms with Gasteiger partial charge in [-0.1, -0.05) is 0 Å². The van der Waals surface area contributed by atoms with Gasteiger partial charge >= 0.3 is 6.09 Å². The Morgan fingerprint density at radius 1 is 1.38 bits per heavy atom. The number of carbonyl (C=O) groups is 1. The molecule has 0 spiro atoms. The standard InChI is InChI=1S/C15H23N7O2/c1-15(2,3)24-14(23)20-19-11-5-4-10(11)18-12-8-9(16)13-17-6-7-22(13)21-12/h6-8,10-11,19H,4-5,16H2,1-3H3,(H,18,21)(H,20,23)/t10-,11-/m1/s1. The number of hydrogen-bond acceptors (Lipinski definition) is 7. The minimum Gasteiger partial charge on any atom is -0.443 e. The largest absolute Gasteiger partial charge is 0.443 e. The van der Waals surface area contributed by atoms with Crippen LogP contribution in [0.4, 0.5) is 16.3 Å². The summed E-state index contributed by atoms with van der Waals surface area (Å²) in [7, 11) is 0. The van der Waals surface area contributed by atoms with E-state index in [9.17, 15) is 4.79 Å². The third-order valence-electron chi connectivity index (χ3n) is 3.75. The van der Waals surface area contributed by atoms with E-state index in [0.29, 0.717) is 17.2 Å². The van der Waals surface area contributed by atoms with Crippen LogP contribution < -0.4 is 21.9 Å². The van der Waals surface area contributed by atoms with Gasteiger partial charge in [0.2, 0.25) is 0 Å². The van der Waals surface area contributed by atoms with Gasteiger partial charge in [-0.05, 0) is 33.6 Å². The third-order valence-corrected chi connectivity index (χ3v) is 3.75. The second-order valence-electron chi connectivity index (χ2n) is 6.89. The topological polar surface area (TPSA) is 119 Å². The van der Waals surface area contributed by atoms with E-state index in [1.54, 1.807) is 23.0 Å². The molecule has 0 aromatic carbocycles. The van der Waals surface area contributed by atoms with Crippen molar-refractivity contribution in [2.45, 2.75) is 51.3 Å². The van der Waals surface area contributed by atoms with E-state index in [4.69, 9.17) is 10.5 Å². The summed E-state index contributed by atoms with van der Waals surface area (Å²) in [6.45, 7) is 5.47. The fourth-order valence-corrected chi connectivity index (χ4v) is 2.50. The van der Waals surface area contributed by atoms with E-state index in [2.05, 4.69) is 26.3 Å². The Morgan fingerprint density at radius 2 is 2.12 bits per heavy atom. The van der Waals surface area contributed by atoms with Gasteiger partial charge in [0.15, 0.2) is 5.65 Å². The number of nitrogens with zero attached hydrogens (tertiary/aromatic N) is 3. The summed E-state index contributed by atoms with van der Waals surface area (Å²) in [5, 5.41) is 7.75. The number of aromatic nitrogens is 3. The van der Waals surface area contributed by atoms with Crippen LogP contribution >= 0.6 is 0 Å². The highest BCUT2D eigenvalue weighted by Crippen LogP contribution is 2.24. The minimum atomic E-state index is -0.523. The summed E-state index contributed by atoms with van der Waals surface area (Å²) in [5.74, 6) is 0.673. The van der Waals surface area contributed by atoms with Gasteiger partial charge in [-0.15, -0.1) is 5.10 Å². The zero-order valence-electron chi connectivity index (χ0n) is 14.0. The van der Waals surface area contributed by atoms with Crippen LogP contribution in [0.2, 0.25) is 0 Å². The summed E-state index contributed by atoms with van der Waals surface area (Å²) in [6, 6.07) is 2.01. The Hall–Kier alpha value is -2.55. The first-order chi connectivity index (χ1) is 11.3. The number of nitrogens with two attached hydrogens (primary N) is 1. The molecule has 3 rings (SSSR count). The molecule has 1 fully saturated rings. The molecule has 5 N–H and O–H groups in total. The molecule has 1 aliphatic rings. The highest BCUT2D eigenvalue weighted by Gasteiger charge is 2.32. The Bertz CT molecular complexity index is 737. The lowest BCUT2D eigenvalue weighted by Crippen LogP contribution is -2.58. The summed E-state index contributed by atoms with van der Waals surface area (Å²) < 4.78 is 6.83. The monoisotopic (exact) mass is 333 g/mol. The summed E-state index contributed by atoms with van der Waals surface area (Å²) >= 11 is 0. The summed E-state index contributed by atoms with van der Waals surface area (Å²) in [5.41, 5.74) is 12.2. The van der Waals surface area contributed by atoms with Crippen LogP contribution in [0.5, 0.6) is 0 Å². The number of ether oxygens (including phenoxy) is 1. The molecule has 0 unspecified atom stereocenters. The van der Waals surface area contributed by atoms with Gasteiger partial charge in [-0.2, -0.15) is 0 Å². The molecule has 1 aliphatic carbocycles. The molecule has 2 atom stereocenters. The molecule has 24 heavy (non-hydrogen) atoms. The summed E-state index contributed by atoms with van der Waals surface area (Å²) in [6.07, 6.45) is 4.82. The van der Waals surface area contributed by atoms with Crippen LogP contribution in [0.1, 0.15) is 33.6 Å². The van der Waals surface area contributed by atoms with Crippen molar-refractivity contribution < 1.29 is 9.53 Å². The molecule has 1 amide bonds. The van der Waals surface area contributed by atoms with E-state index >= 15 is 0 Å². The lowest BCUT2D eigenvalue weighted by atomic mass is 9.87. The smallest absolute Gasteiger partial charge is 0.422 e. The number of hydrazine groups is 1. The van der Waals surface area contributed by atoms with Crippen molar-refractivity contribution in [3.8, 4) is 0 Å². The lowest BCUT2D eigenvalue weighted by molar-refractivity contribution is 0.0473. The van der Waals surface area contributed by atoms with Gasteiger partial charge in [-0.3, -0.25) is 5.43 Å². The fraction of sp³-hybridized carbons (Fsp3) is 0.533. The molecule has 0 radical (unpaired) electrons. The van der Waals surface area contributed by atoms with Gasteiger partial charge in [0.1, 0.15) is 11.4 Å². The van der Waals surface area contributed by atoms with E-state index in [0.717, 1.165) is 12.8 Å². The maximum atomic E-state index is 11.7. The van der Waals surface area contributed by atoms with Gasteiger partial charge in [0.05, 0.1) is 5.69 Å². The van der Waals surface area contributed by atoms with Gasteiger partial charge in [0.25, 0.3) is 0 Å². The quantitative estimate of drug-likeness (QED) is 0.622. The zero-order valence-corrected chi connectivity index (χ0v) is 14.0. The average molecular weight is 333 g/mol. The molecule has 1 saturated carbocycles. The molecule has 2 heterocycles. The highest BCUT2D eigenvalue weighted by atomic mass is 16.6. The maximum Gasteiger partial charge on any atom is 0.422 e. The Kier molecular flexibility index (Phi) is 4.18. The van der Waals surface area contributed by atoms with Gasteiger partial charge < -0.3 is 15.8 Å². The summed E-state index contributed by atoms with van der Waals surface area (Å²) in [4.78, 5) is 15.8. The number of fused-ring (bicyclic) bond motifs is 1. The predicted octanol–water partition coefficient (Wildman–Crippen LogP) is 1.28. The fourth-order valence-electron chi connectivity index (χ4n) is 2.50. The molecule has 130 valence electrons. The van der Waals surface area contributed by atoms with Crippen molar-refractivity contribution in [2.75, 3.05) is 11.1 Å². The molecular formula is C15H23N7O2. The second-order valence-corrected chi connectivity index (χ2v) is 6.89. The molecule has 2 aromatic rings. The predicted molar refractivity (Wildman–Crippen MR) is 90.3 cm³/mol. The van der Waals surface area contributed by atoms with E-state index in [1.807, 2.05) is 20.8 Å². The number of anilines is 2. The van der Waals surface area contributed by atoms with Crippen LogP contribution in [0.15, 0.2) is 18.5 Å². The normalized spacial score (nSPS) is 20.5. The van der Waals surface area contributed by atoms with Crippen LogP contribution in [0, 0.1) is 0 Å². The van der Waals surface area contributed by atoms with Crippen molar-refractivity contribution in [3.63, 3.8) is 0 Å². The molecular weight excluding hydrogens is 310 g/mol. The number of hydrogen-bond donors (Lipinski definition) is 4. The van der Waals surface area contributed by atoms with Crippen molar-refractivity contribution in [3.05, 3.63) is 18.5 Å². The van der Waals surface area contributed by atoms with E-state index < -0.39 is 11.7 Å². The van der Waals surface area contributed by atoms with Crippen LogP contribution in [-0.4, -0.2) is 38.4 Å². The van der Waals surface area contributed by atoms with Crippen molar-refractivity contribution >= 4 is 23.2 Å². The molecule has 0 saturated heterocycles. The molecule has 0 aliphatic heterocycles. The third kappa shape index (κ3) is 3.67. The Balaban J connectivity index is 1.55. The molecule has 9 heteroatoms. The number of imidazole rings is 1. The first-order valence-electron chi connectivity index (χ1n) is 7.93. The van der Waals surface area contributed by atoms with Crippen molar-refractivity contribution in [2.24, 2.45) is 0 Å². The highest BCUT2D eigenvalue weighted by molar-refractivity contribution is 5.68.